The molecule has 0 aromatic rings. The van der Waals surface area contributed by atoms with Crippen molar-refractivity contribution in [3.63, 3.8) is 0 Å². The van der Waals surface area contributed by atoms with Crippen LogP contribution in [0.2, 0.25) is 0 Å². The summed E-state index contributed by atoms with van der Waals surface area (Å²) in [5.41, 5.74) is 5.14. The van der Waals surface area contributed by atoms with Crippen molar-refractivity contribution in [1.29, 1.82) is 0 Å². The van der Waals surface area contributed by atoms with Gasteiger partial charge in [0.25, 0.3) is 0 Å². The van der Waals surface area contributed by atoms with Gasteiger partial charge in [0.15, 0.2) is 0 Å². The molecule has 0 atom stereocenters. The van der Waals surface area contributed by atoms with E-state index in [9.17, 15) is 18.0 Å². The molecule has 5 nitrogen and oxygen atoms in total. The first kappa shape index (κ1) is 16.8. The van der Waals surface area contributed by atoms with E-state index in [4.69, 9.17) is 15.6 Å². The first-order valence-electron chi connectivity index (χ1n) is 4.05. The second-order valence-electron chi connectivity index (χ2n) is 2.32. The molecule has 0 fully saturated rings. The average Bonchev–Trinajstić information content (AvgIpc) is 2.17. The summed E-state index contributed by atoms with van der Waals surface area (Å²) in [6.07, 6.45) is -3.24. The lowest BCUT2D eigenvalue weighted by Crippen LogP contribution is -2.21. The van der Waals surface area contributed by atoms with Crippen molar-refractivity contribution in [2.45, 2.75) is 12.6 Å². The lowest BCUT2D eigenvalue weighted by Gasteiger charge is -1.97. The fraction of sp³-hybridized carbons (Fsp3) is 0.500. The number of alkyl halides is 3. The molecule has 0 heterocycles. The molecule has 0 aliphatic carbocycles. The average molecular weight is 243 g/mol. The van der Waals surface area contributed by atoms with Gasteiger partial charge in [0.2, 0.25) is 0 Å². The van der Waals surface area contributed by atoms with Crippen LogP contribution in [0.3, 0.4) is 0 Å². The summed E-state index contributed by atoms with van der Waals surface area (Å²) in [7, 11) is 0. The second-order valence-corrected chi connectivity index (χ2v) is 2.32. The molecule has 0 rings (SSSR count). The lowest BCUT2D eigenvalue weighted by molar-refractivity contribution is -0.192. The fourth-order valence-corrected chi connectivity index (χ4v) is 0.315. The van der Waals surface area contributed by atoms with E-state index in [1.54, 1.807) is 0 Å². The van der Waals surface area contributed by atoms with E-state index >= 15 is 0 Å². The van der Waals surface area contributed by atoms with Gasteiger partial charge in [-0.05, 0) is 13.0 Å². The van der Waals surface area contributed by atoms with Crippen molar-refractivity contribution in [1.82, 2.24) is 0 Å². The number of halogens is 3. The number of hydrogen-bond acceptors (Lipinski definition) is 4. The molecule has 0 spiro atoms. The quantitative estimate of drug-likeness (QED) is 0.431. The van der Waals surface area contributed by atoms with Crippen LogP contribution in [0, 0.1) is 0 Å². The van der Waals surface area contributed by atoms with Gasteiger partial charge in [0, 0.05) is 6.08 Å². The predicted octanol–water partition coefficient (Wildman–Crippen LogP) is 0.698. The van der Waals surface area contributed by atoms with Crippen LogP contribution in [0.1, 0.15) is 6.42 Å². The third-order valence-electron chi connectivity index (χ3n) is 1.00. The molecule has 0 aromatic carbocycles. The zero-order valence-electron chi connectivity index (χ0n) is 8.29. The van der Waals surface area contributed by atoms with Crippen LogP contribution in [-0.2, 0) is 14.3 Å². The normalized spacial score (nSPS) is 9.75. The van der Waals surface area contributed by atoms with Crippen LogP contribution in [0.4, 0.5) is 13.2 Å². The molecule has 0 unspecified atom stereocenters. The van der Waals surface area contributed by atoms with Crippen LogP contribution in [0.5, 0.6) is 0 Å². The molecule has 0 aliphatic heterocycles. The van der Waals surface area contributed by atoms with Gasteiger partial charge in [-0.25, -0.2) is 9.59 Å². The van der Waals surface area contributed by atoms with Gasteiger partial charge in [0.1, 0.15) is 0 Å². The Morgan fingerprint density at radius 3 is 2.12 bits per heavy atom. The van der Waals surface area contributed by atoms with E-state index in [0.29, 0.717) is 19.6 Å². The number of hydrogen-bond donors (Lipinski definition) is 2. The maximum absolute atomic E-state index is 10.6. The predicted molar refractivity (Wildman–Crippen MR) is 48.5 cm³/mol. The molecule has 0 saturated heterocycles. The van der Waals surface area contributed by atoms with Crippen molar-refractivity contribution in [2.75, 3.05) is 13.2 Å². The summed E-state index contributed by atoms with van der Waals surface area (Å²) in [6.45, 7) is 4.17. The molecular formula is C8H12F3NO4. The number of rotatable bonds is 4. The summed E-state index contributed by atoms with van der Waals surface area (Å²) < 4.78 is 36.3. The van der Waals surface area contributed by atoms with Gasteiger partial charge in [0.05, 0.1) is 6.61 Å². The van der Waals surface area contributed by atoms with Crippen molar-refractivity contribution < 1.29 is 32.6 Å². The highest BCUT2D eigenvalue weighted by atomic mass is 19.4. The Labute approximate surface area is 89.7 Å². The van der Waals surface area contributed by atoms with Gasteiger partial charge < -0.3 is 15.6 Å². The maximum Gasteiger partial charge on any atom is 0.490 e. The number of esters is 1. The molecule has 0 amide bonds. The van der Waals surface area contributed by atoms with Crippen molar-refractivity contribution >= 4 is 11.9 Å². The monoisotopic (exact) mass is 243 g/mol. The highest BCUT2D eigenvalue weighted by Gasteiger charge is 2.38. The Morgan fingerprint density at radius 1 is 1.44 bits per heavy atom. The Hall–Kier alpha value is -1.57. The summed E-state index contributed by atoms with van der Waals surface area (Å²) in [4.78, 5) is 19.2. The van der Waals surface area contributed by atoms with Gasteiger partial charge >= 0.3 is 18.1 Å². The van der Waals surface area contributed by atoms with Crippen LogP contribution >= 0.6 is 0 Å². The van der Waals surface area contributed by atoms with E-state index in [0.717, 1.165) is 6.08 Å². The molecule has 0 radical (unpaired) electrons. The van der Waals surface area contributed by atoms with E-state index in [-0.39, 0.29) is 5.97 Å². The van der Waals surface area contributed by atoms with Crippen LogP contribution < -0.4 is 5.73 Å². The lowest BCUT2D eigenvalue weighted by atomic mass is 10.5. The molecule has 0 aromatic heterocycles. The number of carboxylic acid groups (broad SMARTS) is 1. The number of carbonyl (C=O) groups excluding carboxylic acids is 1. The maximum atomic E-state index is 10.6. The first-order valence-corrected chi connectivity index (χ1v) is 4.05. The number of nitrogens with two attached hydrogens (primary N) is 1. The summed E-state index contributed by atoms with van der Waals surface area (Å²) >= 11 is 0. The van der Waals surface area contributed by atoms with Crippen LogP contribution in [0.25, 0.3) is 0 Å². The fourth-order valence-electron chi connectivity index (χ4n) is 0.315. The highest BCUT2D eigenvalue weighted by Crippen LogP contribution is 2.13. The molecule has 8 heteroatoms. The zero-order valence-corrected chi connectivity index (χ0v) is 8.29. The molecule has 94 valence electrons. The van der Waals surface area contributed by atoms with Crippen molar-refractivity contribution in [3.8, 4) is 0 Å². The van der Waals surface area contributed by atoms with Gasteiger partial charge in [-0.15, -0.1) is 0 Å². The van der Waals surface area contributed by atoms with E-state index in [1.807, 2.05) is 0 Å². The van der Waals surface area contributed by atoms with Gasteiger partial charge in [-0.2, -0.15) is 13.2 Å². The SMILES string of the molecule is C=CC(=O)OCCCN.O=C(O)C(F)(F)F. The second kappa shape index (κ2) is 8.72. The molecule has 0 saturated carbocycles. The number of aliphatic carboxylic acids is 1. The molecular weight excluding hydrogens is 231 g/mol. The first-order chi connectivity index (χ1) is 7.25. The summed E-state index contributed by atoms with van der Waals surface area (Å²) in [5, 5.41) is 7.12. The summed E-state index contributed by atoms with van der Waals surface area (Å²) in [6, 6.07) is 0. The minimum absolute atomic E-state index is 0.386. The number of ether oxygens (including phenoxy) is 1. The van der Waals surface area contributed by atoms with Gasteiger partial charge in [-0.1, -0.05) is 6.58 Å². The highest BCUT2D eigenvalue weighted by molar-refractivity contribution is 5.81. The third-order valence-corrected chi connectivity index (χ3v) is 1.00. The van der Waals surface area contributed by atoms with E-state index in [1.165, 1.54) is 0 Å². The van der Waals surface area contributed by atoms with E-state index < -0.39 is 12.1 Å². The van der Waals surface area contributed by atoms with Gasteiger partial charge in [-0.3, -0.25) is 0 Å². The molecule has 0 aliphatic rings. The van der Waals surface area contributed by atoms with Crippen molar-refractivity contribution in [2.24, 2.45) is 5.73 Å². The Balaban J connectivity index is 0. The van der Waals surface area contributed by atoms with Crippen LogP contribution in [0.15, 0.2) is 12.7 Å². The smallest absolute Gasteiger partial charge is 0.475 e. The Morgan fingerprint density at radius 2 is 1.88 bits per heavy atom. The Kier molecular flexibility index (Phi) is 9.18. The minimum Gasteiger partial charge on any atom is -0.475 e. The molecule has 16 heavy (non-hydrogen) atoms. The molecule has 0 bridgehead atoms. The third kappa shape index (κ3) is 12.4. The summed E-state index contributed by atoms with van der Waals surface area (Å²) in [5.74, 6) is -3.14. The molecule has 3 N–H and O–H groups in total. The largest absolute Gasteiger partial charge is 0.490 e. The van der Waals surface area contributed by atoms with E-state index in [2.05, 4.69) is 11.3 Å². The minimum atomic E-state index is -5.08. The van der Waals surface area contributed by atoms with Crippen molar-refractivity contribution in [3.05, 3.63) is 12.7 Å². The Bertz CT molecular complexity index is 240. The van der Waals surface area contributed by atoms with Crippen LogP contribution in [-0.4, -0.2) is 36.4 Å². The number of carboxylic acids is 1. The number of carbonyl (C=O) groups is 2. The standard InChI is InChI=1S/C6H11NO2.C2HF3O2/c1-2-6(8)9-5-3-4-7;3-2(4,5)1(6)7/h2H,1,3-5,7H2;(H,6,7). The zero-order chi connectivity index (χ0) is 13.2. The topological polar surface area (TPSA) is 89.6 Å².